The summed E-state index contributed by atoms with van der Waals surface area (Å²) < 4.78 is 48.9. The molecule has 2 atom stereocenters. The predicted molar refractivity (Wildman–Crippen MR) is 127 cm³/mol. The number of rotatable bonds is 7. The van der Waals surface area contributed by atoms with Gasteiger partial charge in [0.1, 0.15) is 16.5 Å². The van der Waals surface area contributed by atoms with Crippen LogP contribution in [0.25, 0.3) is 10.2 Å². The Morgan fingerprint density at radius 3 is 2.66 bits per heavy atom. The van der Waals surface area contributed by atoms with Crippen LogP contribution in [-0.2, 0) is 10.0 Å². The Bertz CT molecular complexity index is 1210. The summed E-state index contributed by atoms with van der Waals surface area (Å²) in [5.74, 6) is -0.151. The number of aromatic nitrogens is 1. The molecule has 0 unspecified atom stereocenters. The summed E-state index contributed by atoms with van der Waals surface area (Å²) in [5.41, 5.74) is 1.21. The lowest BCUT2D eigenvalue weighted by Crippen LogP contribution is -2.45. The molecule has 10 heteroatoms. The maximum atomic E-state index is 14.9. The van der Waals surface area contributed by atoms with Crippen molar-refractivity contribution in [3.8, 4) is 5.75 Å². The minimum Gasteiger partial charge on any atom is -0.497 e. The summed E-state index contributed by atoms with van der Waals surface area (Å²) in [5, 5.41) is 3.56. The van der Waals surface area contributed by atoms with E-state index in [9.17, 15) is 12.8 Å². The van der Waals surface area contributed by atoms with Crippen molar-refractivity contribution in [1.82, 2.24) is 9.88 Å². The lowest BCUT2D eigenvalue weighted by Gasteiger charge is -2.37. The number of hydrogen-bond donors (Lipinski definition) is 2. The number of likely N-dealkylation sites (N-methyl/N-ethyl adjacent to an activating group) is 1. The van der Waals surface area contributed by atoms with Gasteiger partial charge in [-0.15, -0.1) is 0 Å². The molecule has 7 nitrogen and oxygen atoms in total. The van der Waals surface area contributed by atoms with Gasteiger partial charge in [0.2, 0.25) is 0 Å². The van der Waals surface area contributed by atoms with Crippen LogP contribution in [0.4, 0.5) is 15.2 Å². The van der Waals surface area contributed by atoms with Gasteiger partial charge in [-0.25, -0.2) is 17.8 Å². The van der Waals surface area contributed by atoms with Gasteiger partial charge in [0.05, 0.1) is 17.3 Å². The minimum atomic E-state index is -4.13. The number of halogens is 1. The normalized spacial score (nSPS) is 19.3. The number of sulfonamides is 1. The fraction of sp³-hybridized carbons (Fsp3) is 0.409. The first kappa shape index (κ1) is 22.8. The molecule has 2 aromatic carbocycles. The van der Waals surface area contributed by atoms with Gasteiger partial charge in [0.15, 0.2) is 5.13 Å². The zero-order valence-corrected chi connectivity index (χ0v) is 19.9. The molecule has 0 saturated heterocycles. The van der Waals surface area contributed by atoms with E-state index >= 15 is 0 Å². The average molecular weight is 479 g/mol. The van der Waals surface area contributed by atoms with Gasteiger partial charge in [0, 0.05) is 17.8 Å². The smallest absolute Gasteiger partial charge is 0.266 e. The first-order valence-corrected chi connectivity index (χ1v) is 12.8. The largest absolute Gasteiger partial charge is 0.497 e. The van der Waals surface area contributed by atoms with E-state index in [1.165, 1.54) is 18.6 Å². The standard InChI is InChI=1S/C22H27FN4O3S2/c1-27(2)19-7-5-4-6-17(19)24-14-8-11-21(16(23)12-14)32(28,29)26-22-25-18-10-9-15(30-3)13-20(18)31-22/h8-13,17,19,24H,4-7H2,1-3H3,(H,25,26)/t17-,19-/m0/s1. The molecular weight excluding hydrogens is 451 g/mol. The quantitative estimate of drug-likeness (QED) is 0.519. The lowest BCUT2D eigenvalue weighted by molar-refractivity contribution is 0.211. The zero-order chi connectivity index (χ0) is 22.9. The highest BCUT2D eigenvalue weighted by molar-refractivity contribution is 7.93. The Hall–Kier alpha value is -2.43. The molecule has 0 radical (unpaired) electrons. The number of nitrogens with zero attached hydrogens (tertiary/aromatic N) is 2. The molecule has 2 N–H and O–H groups in total. The number of benzene rings is 2. The van der Waals surface area contributed by atoms with E-state index in [1.807, 2.05) is 14.1 Å². The van der Waals surface area contributed by atoms with Crippen molar-refractivity contribution in [3.63, 3.8) is 0 Å². The second-order valence-corrected chi connectivity index (χ2v) is 10.9. The third kappa shape index (κ3) is 4.82. The highest BCUT2D eigenvalue weighted by atomic mass is 32.2. The summed E-state index contributed by atoms with van der Waals surface area (Å²) in [6.45, 7) is 0. The van der Waals surface area contributed by atoms with Crippen LogP contribution in [0.15, 0.2) is 41.3 Å². The third-order valence-electron chi connectivity index (χ3n) is 5.78. The van der Waals surface area contributed by atoms with Crippen molar-refractivity contribution in [2.75, 3.05) is 31.2 Å². The fourth-order valence-corrected chi connectivity index (χ4v) is 6.36. The molecule has 32 heavy (non-hydrogen) atoms. The average Bonchev–Trinajstić information content (AvgIpc) is 3.14. The van der Waals surface area contributed by atoms with E-state index < -0.39 is 20.7 Å². The molecule has 0 aliphatic heterocycles. The second kappa shape index (κ2) is 9.21. The molecule has 172 valence electrons. The fourth-order valence-electron chi connectivity index (χ4n) is 4.17. The Morgan fingerprint density at radius 2 is 1.94 bits per heavy atom. The molecule has 1 aliphatic rings. The van der Waals surface area contributed by atoms with Crippen LogP contribution in [0.1, 0.15) is 25.7 Å². The third-order valence-corrected chi connectivity index (χ3v) is 8.22. The van der Waals surface area contributed by atoms with E-state index in [0.717, 1.165) is 35.3 Å². The molecule has 1 aromatic heterocycles. The summed E-state index contributed by atoms with van der Waals surface area (Å²) in [6, 6.07) is 9.98. The molecule has 4 rings (SSSR count). The first-order valence-electron chi connectivity index (χ1n) is 10.5. The summed E-state index contributed by atoms with van der Waals surface area (Å²) >= 11 is 1.16. The molecule has 1 heterocycles. The van der Waals surface area contributed by atoms with Crippen LogP contribution in [0.2, 0.25) is 0 Å². The second-order valence-electron chi connectivity index (χ2n) is 8.17. The molecule has 3 aromatic rings. The number of fused-ring (bicyclic) bond motifs is 1. The summed E-state index contributed by atoms with van der Waals surface area (Å²) in [4.78, 5) is 6.06. The lowest BCUT2D eigenvalue weighted by atomic mass is 9.89. The van der Waals surface area contributed by atoms with Crippen molar-refractivity contribution >= 4 is 42.4 Å². The molecule has 1 aliphatic carbocycles. The van der Waals surface area contributed by atoms with Gasteiger partial charge in [-0.2, -0.15) is 0 Å². The number of ether oxygens (including phenoxy) is 1. The topological polar surface area (TPSA) is 83.6 Å². The SMILES string of the molecule is COc1ccc2nc(NS(=O)(=O)c3ccc(N[C@H]4CCCC[C@@H]4N(C)C)cc3F)sc2c1. The van der Waals surface area contributed by atoms with Crippen LogP contribution in [-0.4, -0.2) is 51.6 Å². The maximum Gasteiger partial charge on any atom is 0.266 e. The maximum absolute atomic E-state index is 14.9. The van der Waals surface area contributed by atoms with Crippen molar-refractivity contribution in [2.45, 2.75) is 42.7 Å². The van der Waals surface area contributed by atoms with Crippen LogP contribution in [0.5, 0.6) is 5.75 Å². The molecule has 0 bridgehead atoms. The van der Waals surface area contributed by atoms with Gasteiger partial charge in [0.25, 0.3) is 10.0 Å². The molecule has 0 amide bonds. The van der Waals surface area contributed by atoms with Gasteiger partial charge in [-0.05, 0) is 63.3 Å². The van der Waals surface area contributed by atoms with Gasteiger partial charge in [-0.1, -0.05) is 24.2 Å². The number of thiazole rings is 1. The minimum absolute atomic E-state index is 0.172. The van der Waals surface area contributed by atoms with Crippen molar-refractivity contribution in [3.05, 3.63) is 42.2 Å². The number of nitrogens with one attached hydrogen (secondary N) is 2. The van der Waals surface area contributed by atoms with Gasteiger partial charge >= 0.3 is 0 Å². The van der Waals surface area contributed by atoms with Gasteiger partial charge in [-0.3, -0.25) is 4.72 Å². The highest BCUT2D eigenvalue weighted by Gasteiger charge is 2.27. The van der Waals surface area contributed by atoms with Crippen LogP contribution in [0.3, 0.4) is 0 Å². The number of hydrogen-bond acceptors (Lipinski definition) is 7. The highest BCUT2D eigenvalue weighted by Crippen LogP contribution is 2.31. The van der Waals surface area contributed by atoms with Crippen LogP contribution < -0.4 is 14.8 Å². The molecular formula is C22H27FN4O3S2. The first-order chi connectivity index (χ1) is 15.3. The summed E-state index contributed by atoms with van der Waals surface area (Å²) in [6.07, 6.45) is 4.37. The molecule has 1 saturated carbocycles. The van der Waals surface area contributed by atoms with Crippen molar-refractivity contribution < 1.29 is 17.5 Å². The van der Waals surface area contributed by atoms with E-state index in [0.29, 0.717) is 23.0 Å². The molecule has 0 spiro atoms. The van der Waals surface area contributed by atoms with E-state index in [2.05, 4.69) is 19.9 Å². The van der Waals surface area contributed by atoms with Gasteiger partial charge < -0.3 is 15.0 Å². The van der Waals surface area contributed by atoms with Crippen molar-refractivity contribution in [1.29, 1.82) is 0 Å². The Labute approximate surface area is 191 Å². The van der Waals surface area contributed by atoms with Crippen LogP contribution >= 0.6 is 11.3 Å². The zero-order valence-electron chi connectivity index (χ0n) is 18.3. The monoisotopic (exact) mass is 478 g/mol. The summed E-state index contributed by atoms with van der Waals surface area (Å²) in [7, 11) is 1.52. The Morgan fingerprint density at radius 1 is 1.16 bits per heavy atom. The van der Waals surface area contributed by atoms with E-state index in [1.54, 1.807) is 31.4 Å². The molecule has 1 fully saturated rings. The van der Waals surface area contributed by atoms with E-state index in [-0.39, 0.29) is 11.2 Å². The Kier molecular flexibility index (Phi) is 6.55. The number of methoxy groups -OCH3 is 1. The Balaban J connectivity index is 1.52. The predicted octanol–water partition coefficient (Wildman–Crippen LogP) is 4.53. The van der Waals surface area contributed by atoms with Crippen molar-refractivity contribution in [2.24, 2.45) is 0 Å². The van der Waals surface area contributed by atoms with E-state index in [4.69, 9.17) is 4.74 Å². The number of anilines is 2. The van der Waals surface area contributed by atoms with Crippen LogP contribution in [0, 0.1) is 5.82 Å².